The molecular weight excluding hydrogens is 298 g/mol. The number of thiophene rings is 1. The maximum Gasteiger partial charge on any atom is 0.166 e. The Morgan fingerprint density at radius 2 is 1.81 bits per heavy atom. The van der Waals surface area contributed by atoms with Crippen molar-refractivity contribution in [3.8, 4) is 0 Å². The van der Waals surface area contributed by atoms with Crippen LogP contribution >= 0.6 is 23.6 Å². The van der Waals surface area contributed by atoms with Gasteiger partial charge in [0.1, 0.15) is 0 Å². The molecule has 21 heavy (non-hydrogen) atoms. The van der Waals surface area contributed by atoms with Crippen molar-refractivity contribution in [3.05, 3.63) is 22.4 Å². The molecule has 3 rings (SSSR count). The molecule has 5 heteroatoms. The third-order valence-electron chi connectivity index (χ3n) is 4.57. The predicted octanol–water partition coefficient (Wildman–Crippen LogP) is 3.12. The van der Waals surface area contributed by atoms with Gasteiger partial charge in [0.15, 0.2) is 5.11 Å². The smallest absolute Gasteiger partial charge is 0.166 e. The largest absolute Gasteiger partial charge is 0.360 e. The highest BCUT2D eigenvalue weighted by Gasteiger charge is 2.21. The van der Waals surface area contributed by atoms with Gasteiger partial charge in [-0.25, -0.2) is 0 Å². The molecule has 1 saturated heterocycles. The topological polar surface area (TPSA) is 27.3 Å². The number of piperidine rings is 1. The minimum Gasteiger partial charge on any atom is -0.360 e. The number of hydrogen-bond acceptors (Lipinski definition) is 3. The van der Waals surface area contributed by atoms with E-state index in [9.17, 15) is 0 Å². The molecule has 1 aromatic rings. The minimum atomic E-state index is 0.547. The fourth-order valence-electron chi connectivity index (χ4n) is 3.34. The molecule has 0 spiro atoms. The van der Waals surface area contributed by atoms with Gasteiger partial charge in [-0.3, -0.25) is 4.90 Å². The molecule has 116 valence electrons. The van der Waals surface area contributed by atoms with Crippen LogP contribution in [0.15, 0.2) is 17.5 Å². The Morgan fingerprint density at radius 1 is 1.14 bits per heavy atom. The molecule has 0 unspecified atom stereocenters. The standard InChI is InChI=1S/C16H25N3S2/c20-16(17-13-4-1-2-5-13)18-14-7-9-19(10-8-14)12-15-6-3-11-21-15/h3,6,11,13-14H,1-2,4-5,7-10,12H2,(H2,17,18,20). The molecule has 0 aromatic carbocycles. The summed E-state index contributed by atoms with van der Waals surface area (Å²) in [5, 5.41) is 10.0. The van der Waals surface area contributed by atoms with Gasteiger partial charge in [-0.1, -0.05) is 18.9 Å². The Labute approximate surface area is 137 Å². The predicted molar refractivity (Wildman–Crippen MR) is 93.7 cm³/mol. The van der Waals surface area contributed by atoms with Crippen molar-refractivity contribution in [1.82, 2.24) is 15.5 Å². The third-order valence-corrected chi connectivity index (χ3v) is 5.67. The van der Waals surface area contributed by atoms with Gasteiger partial charge in [0.25, 0.3) is 0 Å². The van der Waals surface area contributed by atoms with Gasteiger partial charge in [-0.2, -0.15) is 0 Å². The molecule has 2 N–H and O–H groups in total. The SMILES string of the molecule is S=C(NC1CCCC1)NC1CCN(Cc2cccs2)CC1. The lowest BCUT2D eigenvalue weighted by molar-refractivity contribution is 0.200. The molecule has 2 heterocycles. The summed E-state index contributed by atoms with van der Waals surface area (Å²) >= 11 is 7.32. The van der Waals surface area contributed by atoms with Crippen LogP contribution in [0.1, 0.15) is 43.4 Å². The van der Waals surface area contributed by atoms with Gasteiger partial charge >= 0.3 is 0 Å². The summed E-state index contributed by atoms with van der Waals surface area (Å²) in [4.78, 5) is 4.03. The van der Waals surface area contributed by atoms with E-state index in [0.29, 0.717) is 12.1 Å². The first-order chi connectivity index (χ1) is 10.3. The van der Waals surface area contributed by atoms with E-state index >= 15 is 0 Å². The van der Waals surface area contributed by atoms with Gasteiger partial charge < -0.3 is 10.6 Å². The third kappa shape index (κ3) is 4.66. The second-order valence-corrected chi connectivity index (χ2v) is 7.67. The number of nitrogens with one attached hydrogen (secondary N) is 2. The molecule has 0 radical (unpaired) electrons. The summed E-state index contributed by atoms with van der Waals surface area (Å²) in [6.45, 7) is 3.44. The lowest BCUT2D eigenvalue weighted by Gasteiger charge is -2.33. The highest BCUT2D eigenvalue weighted by molar-refractivity contribution is 7.80. The van der Waals surface area contributed by atoms with Crippen LogP contribution in [0, 0.1) is 0 Å². The van der Waals surface area contributed by atoms with E-state index < -0.39 is 0 Å². The fraction of sp³-hybridized carbons (Fsp3) is 0.688. The van der Waals surface area contributed by atoms with Crippen molar-refractivity contribution in [2.24, 2.45) is 0 Å². The van der Waals surface area contributed by atoms with Gasteiger partial charge in [0, 0.05) is 36.6 Å². The molecule has 0 bridgehead atoms. The van der Waals surface area contributed by atoms with E-state index in [1.54, 1.807) is 0 Å². The molecule has 1 aliphatic carbocycles. The lowest BCUT2D eigenvalue weighted by atomic mass is 10.1. The summed E-state index contributed by atoms with van der Waals surface area (Å²) in [6, 6.07) is 5.53. The first-order valence-electron chi connectivity index (χ1n) is 8.11. The molecule has 1 aliphatic heterocycles. The molecule has 2 aliphatic rings. The fourth-order valence-corrected chi connectivity index (χ4v) is 4.42. The highest BCUT2D eigenvalue weighted by Crippen LogP contribution is 2.18. The normalized spacial score (nSPS) is 21.5. The summed E-state index contributed by atoms with van der Waals surface area (Å²) in [5.41, 5.74) is 0. The Hall–Kier alpha value is -0.650. The Morgan fingerprint density at radius 3 is 2.43 bits per heavy atom. The quantitative estimate of drug-likeness (QED) is 0.833. The first kappa shape index (κ1) is 15.3. The molecule has 3 nitrogen and oxygen atoms in total. The van der Waals surface area contributed by atoms with E-state index in [2.05, 4.69) is 33.0 Å². The van der Waals surface area contributed by atoms with Crippen LogP contribution in [0.4, 0.5) is 0 Å². The van der Waals surface area contributed by atoms with Gasteiger partial charge in [-0.15, -0.1) is 11.3 Å². The zero-order chi connectivity index (χ0) is 14.5. The number of likely N-dealkylation sites (tertiary alicyclic amines) is 1. The molecule has 1 saturated carbocycles. The van der Waals surface area contributed by atoms with Crippen molar-refractivity contribution in [1.29, 1.82) is 0 Å². The van der Waals surface area contributed by atoms with E-state index in [4.69, 9.17) is 12.2 Å². The summed E-state index contributed by atoms with van der Waals surface area (Å²) < 4.78 is 0. The maximum atomic E-state index is 5.46. The van der Waals surface area contributed by atoms with Crippen LogP contribution in [0.5, 0.6) is 0 Å². The van der Waals surface area contributed by atoms with Gasteiger partial charge in [0.05, 0.1) is 0 Å². The second kappa shape index (κ2) is 7.56. The maximum absolute atomic E-state index is 5.46. The molecular formula is C16H25N3S2. The van der Waals surface area contributed by atoms with Crippen molar-refractivity contribution in [2.45, 2.75) is 57.2 Å². The van der Waals surface area contributed by atoms with E-state index in [1.807, 2.05) is 11.3 Å². The Kier molecular flexibility index (Phi) is 5.49. The summed E-state index contributed by atoms with van der Waals surface area (Å²) in [6.07, 6.45) is 7.64. The zero-order valence-electron chi connectivity index (χ0n) is 12.5. The van der Waals surface area contributed by atoms with Crippen molar-refractivity contribution >= 4 is 28.7 Å². The number of hydrogen-bond donors (Lipinski definition) is 2. The molecule has 0 atom stereocenters. The van der Waals surface area contributed by atoms with E-state index in [1.165, 1.54) is 56.5 Å². The number of nitrogens with zero attached hydrogens (tertiary/aromatic N) is 1. The number of rotatable bonds is 4. The van der Waals surface area contributed by atoms with E-state index in [0.717, 1.165) is 11.7 Å². The molecule has 0 amide bonds. The minimum absolute atomic E-state index is 0.547. The monoisotopic (exact) mass is 323 g/mol. The average Bonchev–Trinajstić information content (AvgIpc) is 3.14. The molecule has 1 aromatic heterocycles. The van der Waals surface area contributed by atoms with Crippen molar-refractivity contribution < 1.29 is 0 Å². The van der Waals surface area contributed by atoms with Crippen molar-refractivity contribution in [3.63, 3.8) is 0 Å². The van der Waals surface area contributed by atoms with Crippen LogP contribution in [-0.2, 0) is 6.54 Å². The van der Waals surface area contributed by atoms with Crippen LogP contribution in [-0.4, -0.2) is 35.2 Å². The zero-order valence-corrected chi connectivity index (χ0v) is 14.1. The first-order valence-corrected chi connectivity index (χ1v) is 9.40. The molecule has 2 fully saturated rings. The van der Waals surface area contributed by atoms with Crippen LogP contribution < -0.4 is 10.6 Å². The average molecular weight is 324 g/mol. The summed E-state index contributed by atoms with van der Waals surface area (Å²) in [5.74, 6) is 0. The van der Waals surface area contributed by atoms with Crippen LogP contribution in [0.2, 0.25) is 0 Å². The second-order valence-electron chi connectivity index (χ2n) is 6.23. The van der Waals surface area contributed by atoms with E-state index in [-0.39, 0.29) is 0 Å². The Bertz CT molecular complexity index is 432. The summed E-state index contributed by atoms with van der Waals surface area (Å²) in [7, 11) is 0. The van der Waals surface area contributed by atoms with Gasteiger partial charge in [-0.05, 0) is 49.3 Å². The highest BCUT2D eigenvalue weighted by atomic mass is 32.1. The van der Waals surface area contributed by atoms with Gasteiger partial charge in [0.2, 0.25) is 0 Å². The van der Waals surface area contributed by atoms with Crippen molar-refractivity contribution in [2.75, 3.05) is 13.1 Å². The van der Waals surface area contributed by atoms with Crippen LogP contribution in [0.3, 0.4) is 0 Å². The number of thiocarbonyl (C=S) groups is 1. The lowest BCUT2D eigenvalue weighted by Crippen LogP contribution is -2.49. The Balaban J connectivity index is 1.36. The van der Waals surface area contributed by atoms with Crippen LogP contribution in [0.25, 0.3) is 0 Å².